The molecule has 7 heteroatoms. The summed E-state index contributed by atoms with van der Waals surface area (Å²) in [6.07, 6.45) is 1.02. The van der Waals surface area contributed by atoms with Crippen LogP contribution in [0.5, 0.6) is 5.75 Å². The molecule has 28 heavy (non-hydrogen) atoms. The van der Waals surface area contributed by atoms with Gasteiger partial charge in [-0.15, -0.1) is 11.3 Å². The maximum absolute atomic E-state index is 12.6. The summed E-state index contributed by atoms with van der Waals surface area (Å²) in [6, 6.07) is 7.47. The summed E-state index contributed by atoms with van der Waals surface area (Å²) in [5.74, 6) is 0.272. The Morgan fingerprint density at radius 2 is 1.93 bits per heavy atom. The molecule has 1 aliphatic heterocycles. The molecule has 0 fully saturated rings. The molecule has 1 amide bonds. The summed E-state index contributed by atoms with van der Waals surface area (Å²) in [7, 11) is 2.05. The van der Waals surface area contributed by atoms with Gasteiger partial charge in [0.1, 0.15) is 10.8 Å². The highest BCUT2D eigenvalue weighted by atomic mass is 32.1. The number of benzene rings is 1. The lowest BCUT2D eigenvalue weighted by Gasteiger charge is -2.22. The lowest BCUT2D eigenvalue weighted by molar-refractivity contribution is -0.115. The van der Waals surface area contributed by atoms with E-state index in [0.29, 0.717) is 23.8 Å². The summed E-state index contributed by atoms with van der Waals surface area (Å²) >= 11 is 1.47. The molecule has 0 saturated carbocycles. The van der Waals surface area contributed by atoms with Crippen LogP contribution in [-0.2, 0) is 28.9 Å². The summed E-state index contributed by atoms with van der Waals surface area (Å²) in [5.41, 5.74) is 2.42. The number of thiophene rings is 1. The van der Waals surface area contributed by atoms with E-state index in [1.165, 1.54) is 11.3 Å². The number of fused-ring (bicyclic) bond motifs is 1. The van der Waals surface area contributed by atoms with E-state index in [4.69, 9.17) is 9.47 Å². The summed E-state index contributed by atoms with van der Waals surface area (Å²) in [5, 5.41) is 3.53. The number of hydrogen-bond donors (Lipinski definition) is 1. The minimum absolute atomic E-state index is 0.151. The van der Waals surface area contributed by atoms with Gasteiger partial charge in [0, 0.05) is 18.0 Å². The molecule has 2 heterocycles. The minimum atomic E-state index is -0.360. The quantitative estimate of drug-likeness (QED) is 0.718. The van der Waals surface area contributed by atoms with Gasteiger partial charge in [0.05, 0.1) is 25.2 Å². The van der Waals surface area contributed by atoms with Crippen molar-refractivity contribution in [1.29, 1.82) is 0 Å². The Labute approximate surface area is 169 Å². The van der Waals surface area contributed by atoms with E-state index in [1.54, 1.807) is 6.92 Å². The number of nitrogens with zero attached hydrogens (tertiary/aromatic N) is 1. The number of carbonyl (C=O) groups is 2. The maximum Gasteiger partial charge on any atom is 0.341 e. The van der Waals surface area contributed by atoms with E-state index < -0.39 is 0 Å². The van der Waals surface area contributed by atoms with Crippen LogP contribution in [-0.4, -0.2) is 43.6 Å². The zero-order chi connectivity index (χ0) is 20.1. The number of rotatable bonds is 7. The van der Waals surface area contributed by atoms with Gasteiger partial charge >= 0.3 is 5.97 Å². The number of ether oxygens (including phenoxy) is 2. The summed E-state index contributed by atoms with van der Waals surface area (Å²) in [4.78, 5) is 28.5. The lowest BCUT2D eigenvalue weighted by Crippen LogP contribution is -2.26. The molecule has 0 spiro atoms. The molecule has 0 unspecified atom stereocenters. The van der Waals surface area contributed by atoms with E-state index in [-0.39, 0.29) is 18.3 Å². The standard InChI is InChI=1S/C21H26N2O4S/c1-4-26-15-8-6-14(7-9-15)12-18(24)22-20-19(21(25)27-5-2)16-10-11-23(3)13-17(16)28-20/h6-9H,4-5,10-13H2,1-3H3,(H,22,24). The van der Waals surface area contributed by atoms with E-state index in [9.17, 15) is 9.59 Å². The predicted molar refractivity (Wildman–Crippen MR) is 110 cm³/mol. The highest BCUT2D eigenvalue weighted by Gasteiger charge is 2.28. The predicted octanol–water partition coefficient (Wildman–Crippen LogP) is 3.49. The smallest absolute Gasteiger partial charge is 0.341 e. The number of amides is 1. The Morgan fingerprint density at radius 3 is 2.61 bits per heavy atom. The van der Waals surface area contributed by atoms with Crippen LogP contribution in [0.2, 0.25) is 0 Å². The number of hydrogen-bond acceptors (Lipinski definition) is 6. The first kappa shape index (κ1) is 20.4. The van der Waals surface area contributed by atoms with E-state index in [2.05, 4.69) is 17.3 Å². The van der Waals surface area contributed by atoms with Crippen molar-refractivity contribution < 1.29 is 19.1 Å². The fraction of sp³-hybridized carbons (Fsp3) is 0.429. The van der Waals surface area contributed by atoms with Gasteiger partial charge in [-0.25, -0.2) is 4.79 Å². The highest BCUT2D eigenvalue weighted by Crippen LogP contribution is 2.37. The Hall–Kier alpha value is -2.38. The van der Waals surface area contributed by atoms with Gasteiger partial charge in [-0.1, -0.05) is 12.1 Å². The van der Waals surface area contributed by atoms with Gasteiger partial charge in [-0.3, -0.25) is 4.79 Å². The SMILES string of the molecule is CCOC(=O)c1c(NC(=O)Cc2ccc(OCC)cc2)sc2c1CCN(C)C2. The largest absolute Gasteiger partial charge is 0.494 e. The molecule has 0 atom stereocenters. The first-order valence-corrected chi connectivity index (χ1v) is 10.3. The van der Waals surface area contributed by atoms with Gasteiger partial charge in [-0.2, -0.15) is 0 Å². The monoisotopic (exact) mass is 402 g/mol. The van der Waals surface area contributed by atoms with Crippen LogP contribution >= 0.6 is 11.3 Å². The third-order valence-electron chi connectivity index (χ3n) is 4.58. The van der Waals surface area contributed by atoms with Gasteiger partial charge in [-0.05, 0) is 50.6 Å². The molecule has 2 aromatic rings. The zero-order valence-electron chi connectivity index (χ0n) is 16.5. The van der Waals surface area contributed by atoms with E-state index in [0.717, 1.165) is 41.3 Å². The number of carbonyl (C=O) groups excluding carboxylic acids is 2. The maximum atomic E-state index is 12.6. The Kier molecular flexibility index (Phi) is 6.70. The Morgan fingerprint density at radius 1 is 1.18 bits per heavy atom. The topological polar surface area (TPSA) is 67.9 Å². The molecule has 0 radical (unpaired) electrons. The van der Waals surface area contributed by atoms with Crippen molar-refractivity contribution in [3.05, 3.63) is 45.8 Å². The molecular formula is C21H26N2O4S. The average molecular weight is 403 g/mol. The molecule has 1 aliphatic rings. The fourth-order valence-corrected chi connectivity index (χ4v) is 4.60. The van der Waals surface area contributed by atoms with Crippen molar-refractivity contribution in [3.63, 3.8) is 0 Å². The first-order valence-electron chi connectivity index (χ1n) is 9.53. The fourth-order valence-electron chi connectivity index (χ4n) is 3.26. The minimum Gasteiger partial charge on any atom is -0.494 e. The average Bonchev–Trinajstić information content (AvgIpc) is 3.00. The van der Waals surface area contributed by atoms with Gasteiger partial charge in [0.25, 0.3) is 0 Å². The lowest BCUT2D eigenvalue weighted by atomic mass is 10.0. The molecule has 3 rings (SSSR count). The van der Waals surface area contributed by atoms with Crippen LogP contribution in [0.15, 0.2) is 24.3 Å². The third kappa shape index (κ3) is 4.72. The molecule has 1 N–H and O–H groups in total. The van der Waals surface area contributed by atoms with Gasteiger partial charge in [0.15, 0.2) is 0 Å². The Balaban J connectivity index is 1.77. The van der Waals surface area contributed by atoms with Gasteiger partial charge in [0.2, 0.25) is 5.91 Å². The molecular weight excluding hydrogens is 376 g/mol. The molecule has 0 aliphatic carbocycles. The van der Waals surface area contributed by atoms with Crippen LogP contribution in [0.1, 0.15) is 40.2 Å². The van der Waals surface area contributed by atoms with Crippen LogP contribution in [0.3, 0.4) is 0 Å². The molecule has 0 saturated heterocycles. The van der Waals surface area contributed by atoms with Crippen LogP contribution in [0, 0.1) is 0 Å². The number of esters is 1. The normalized spacial score (nSPS) is 13.7. The number of nitrogens with one attached hydrogen (secondary N) is 1. The second-order valence-corrected chi connectivity index (χ2v) is 7.82. The van der Waals surface area contributed by atoms with E-state index >= 15 is 0 Å². The van der Waals surface area contributed by atoms with Crippen LogP contribution in [0.4, 0.5) is 5.00 Å². The summed E-state index contributed by atoms with van der Waals surface area (Å²) in [6.45, 7) is 6.30. The van der Waals surface area contributed by atoms with Crippen molar-refractivity contribution in [3.8, 4) is 5.75 Å². The van der Waals surface area contributed by atoms with Crippen molar-refractivity contribution >= 4 is 28.2 Å². The molecule has 1 aromatic heterocycles. The van der Waals surface area contributed by atoms with Crippen LogP contribution in [0.25, 0.3) is 0 Å². The van der Waals surface area contributed by atoms with Crippen molar-refractivity contribution in [2.24, 2.45) is 0 Å². The van der Waals surface area contributed by atoms with Crippen molar-refractivity contribution in [2.75, 3.05) is 32.1 Å². The number of likely N-dealkylation sites (N-methyl/N-ethyl adjacent to an activating group) is 1. The van der Waals surface area contributed by atoms with Gasteiger partial charge < -0.3 is 19.7 Å². The third-order valence-corrected chi connectivity index (χ3v) is 5.71. The van der Waals surface area contributed by atoms with E-state index in [1.807, 2.05) is 31.2 Å². The molecule has 0 bridgehead atoms. The molecule has 150 valence electrons. The first-order chi connectivity index (χ1) is 13.5. The molecule has 6 nitrogen and oxygen atoms in total. The second kappa shape index (κ2) is 9.21. The van der Waals surface area contributed by atoms with Crippen molar-refractivity contribution in [2.45, 2.75) is 33.2 Å². The van der Waals surface area contributed by atoms with Crippen molar-refractivity contribution in [1.82, 2.24) is 4.90 Å². The second-order valence-electron chi connectivity index (χ2n) is 6.72. The van der Waals surface area contributed by atoms with Crippen LogP contribution < -0.4 is 10.1 Å². The molecule has 1 aromatic carbocycles. The number of anilines is 1. The zero-order valence-corrected chi connectivity index (χ0v) is 17.4. The summed E-state index contributed by atoms with van der Waals surface area (Å²) < 4.78 is 10.7. The highest BCUT2D eigenvalue weighted by molar-refractivity contribution is 7.17. The Bertz CT molecular complexity index is 845.